The molecule has 0 spiro atoms. The summed E-state index contributed by atoms with van der Waals surface area (Å²) in [5.41, 5.74) is 0. The smallest absolute Gasteiger partial charge is 0.265 e. The number of carbonyl (C=O) groups is 2. The maximum atomic E-state index is 12.9. The van der Waals surface area contributed by atoms with Crippen LogP contribution in [-0.4, -0.2) is 28.7 Å². The van der Waals surface area contributed by atoms with Gasteiger partial charge in [0.25, 0.3) is 5.92 Å². The molecule has 3 nitrogen and oxygen atoms in total. The summed E-state index contributed by atoms with van der Waals surface area (Å²) >= 11 is 0. The van der Waals surface area contributed by atoms with Crippen molar-refractivity contribution in [1.29, 1.82) is 0 Å². The number of halogens is 2. The van der Waals surface area contributed by atoms with Gasteiger partial charge in [0, 0.05) is 20.3 Å². The lowest BCUT2D eigenvalue weighted by atomic mass is 10.1. The quantitative estimate of drug-likeness (QED) is 0.624. The normalized spacial score (nSPS) is 23.8. The van der Waals surface area contributed by atoms with Crippen LogP contribution in [0.25, 0.3) is 0 Å². The van der Waals surface area contributed by atoms with Gasteiger partial charge in [0.1, 0.15) is 6.04 Å². The van der Waals surface area contributed by atoms with Crippen LogP contribution < -0.4 is 0 Å². The van der Waals surface area contributed by atoms with Gasteiger partial charge in [-0.25, -0.2) is 8.78 Å². The number of imide groups is 1. The summed E-state index contributed by atoms with van der Waals surface area (Å²) in [6, 6.07) is -1.25. The molecule has 5 heteroatoms. The molecule has 0 aromatic rings. The molecule has 1 atom stereocenters. The van der Waals surface area contributed by atoms with Crippen LogP contribution in [0.2, 0.25) is 0 Å². The van der Waals surface area contributed by atoms with Gasteiger partial charge in [-0.1, -0.05) is 0 Å². The van der Waals surface area contributed by atoms with Gasteiger partial charge in [-0.3, -0.25) is 14.5 Å². The van der Waals surface area contributed by atoms with Crippen molar-refractivity contribution in [2.75, 3.05) is 0 Å². The molecule has 1 saturated heterocycles. The Labute approximate surface area is 74.7 Å². The highest BCUT2D eigenvalue weighted by molar-refractivity contribution is 5.96. The van der Waals surface area contributed by atoms with Crippen LogP contribution in [0.4, 0.5) is 8.78 Å². The molecule has 0 N–H and O–H groups in total. The van der Waals surface area contributed by atoms with E-state index in [-0.39, 0.29) is 12.8 Å². The van der Waals surface area contributed by atoms with Gasteiger partial charge in [-0.15, -0.1) is 0 Å². The van der Waals surface area contributed by atoms with E-state index < -0.39 is 23.8 Å². The number of likely N-dealkylation sites (tertiary alicyclic amines) is 1. The van der Waals surface area contributed by atoms with Gasteiger partial charge in [0.2, 0.25) is 11.8 Å². The van der Waals surface area contributed by atoms with E-state index in [1.165, 1.54) is 0 Å². The van der Waals surface area contributed by atoms with Crippen LogP contribution in [0.15, 0.2) is 0 Å². The zero-order valence-electron chi connectivity index (χ0n) is 7.51. The molecule has 0 aromatic heterocycles. The Kier molecular flexibility index (Phi) is 2.36. The Morgan fingerprint density at radius 1 is 1.62 bits per heavy atom. The predicted molar refractivity (Wildman–Crippen MR) is 41.2 cm³/mol. The zero-order valence-corrected chi connectivity index (χ0v) is 7.51. The van der Waals surface area contributed by atoms with E-state index in [0.29, 0.717) is 4.90 Å². The summed E-state index contributed by atoms with van der Waals surface area (Å²) in [5, 5.41) is 0. The first-order valence-electron chi connectivity index (χ1n) is 4.04. The molecule has 2 amide bonds. The van der Waals surface area contributed by atoms with E-state index in [4.69, 9.17) is 0 Å². The van der Waals surface area contributed by atoms with Crippen molar-refractivity contribution in [2.24, 2.45) is 0 Å². The SMILES string of the molecule is CC(=O)N1C(=O)CCC1C(C)(F)F. The minimum Gasteiger partial charge on any atom is -0.275 e. The summed E-state index contributed by atoms with van der Waals surface area (Å²) in [5.74, 6) is -4.11. The first-order chi connectivity index (χ1) is 5.84. The van der Waals surface area contributed by atoms with E-state index in [0.717, 1.165) is 13.8 Å². The molecule has 1 aliphatic rings. The van der Waals surface area contributed by atoms with Crippen molar-refractivity contribution in [2.45, 2.75) is 38.7 Å². The number of alkyl halides is 2. The third-order valence-corrected chi connectivity index (χ3v) is 2.14. The molecular formula is C8H11F2NO2. The number of hydrogen-bond acceptors (Lipinski definition) is 2. The second kappa shape index (κ2) is 3.05. The van der Waals surface area contributed by atoms with Crippen LogP contribution in [0.3, 0.4) is 0 Å². The topological polar surface area (TPSA) is 37.4 Å². The van der Waals surface area contributed by atoms with Crippen molar-refractivity contribution in [1.82, 2.24) is 4.90 Å². The molecule has 0 aliphatic carbocycles. The molecule has 0 saturated carbocycles. The van der Waals surface area contributed by atoms with Gasteiger partial charge in [0.05, 0.1) is 0 Å². The molecule has 1 fully saturated rings. The zero-order chi connectivity index (χ0) is 10.2. The number of rotatable bonds is 1. The number of amides is 2. The van der Waals surface area contributed by atoms with Gasteiger partial charge >= 0.3 is 0 Å². The van der Waals surface area contributed by atoms with Crippen molar-refractivity contribution < 1.29 is 18.4 Å². The second-order valence-corrected chi connectivity index (χ2v) is 3.29. The molecule has 0 aromatic carbocycles. The maximum Gasteiger partial charge on any atom is 0.265 e. The molecule has 1 rings (SSSR count). The van der Waals surface area contributed by atoms with Crippen LogP contribution in [0, 0.1) is 0 Å². The summed E-state index contributed by atoms with van der Waals surface area (Å²) in [4.78, 5) is 22.6. The van der Waals surface area contributed by atoms with Crippen molar-refractivity contribution in [3.05, 3.63) is 0 Å². The number of nitrogens with zero attached hydrogens (tertiary/aromatic N) is 1. The van der Waals surface area contributed by atoms with E-state index >= 15 is 0 Å². The summed E-state index contributed by atoms with van der Waals surface area (Å²) < 4.78 is 25.7. The first-order valence-corrected chi connectivity index (χ1v) is 4.04. The predicted octanol–water partition coefficient (Wildman–Crippen LogP) is 1.18. The highest BCUT2D eigenvalue weighted by Gasteiger charge is 2.46. The fraction of sp³-hybridized carbons (Fsp3) is 0.750. The maximum absolute atomic E-state index is 12.9. The standard InChI is InChI=1S/C8H11F2NO2/c1-5(12)11-6(8(2,9)10)3-4-7(11)13/h6H,3-4H2,1-2H3. The summed E-state index contributed by atoms with van der Waals surface area (Å²) in [6.45, 7) is 1.86. The fourth-order valence-electron chi connectivity index (χ4n) is 1.56. The fourth-order valence-corrected chi connectivity index (χ4v) is 1.56. The van der Waals surface area contributed by atoms with E-state index in [2.05, 4.69) is 0 Å². The lowest BCUT2D eigenvalue weighted by molar-refractivity contribution is -0.150. The minimum atomic E-state index is -3.00. The molecule has 0 bridgehead atoms. The van der Waals surface area contributed by atoms with Crippen LogP contribution in [0.5, 0.6) is 0 Å². The Bertz CT molecular complexity index is 247. The van der Waals surface area contributed by atoms with Crippen LogP contribution >= 0.6 is 0 Å². The number of hydrogen-bond donors (Lipinski definition) is 0. The average Bonchev–Trinajstić information content (AvgIpc) is 2.28. The third-order valence-electron chi connectivity index (χ3n) is 2.14. The summed E-state index contributed by atoms with van der Waals surface area (Å²) in [6.07, 6.45) is 0.0928. The molecule has 1 heterocycles. The lowest BCUT2D eigenvalue weighted by Gasteiger charge is -2.26. The van der Waals surface area contributed by atoms with E-state index in [1.807, 2.05) is 0 Å². The molecule has 1 aliphatic heterocycles. The summed E-state index contributed by atoms with van der Waals surface area (Å²) in [7, 11) is 0. The number of carbonyl (C=O) groups excluding carboxylic acids is 2. The van der Waals surface area contributed by atoms with Gasteiger partial charge in [-0.05, 0) is 6.42 Å². The lowest BCUT2D eigenvalue weighted by Crippen LogP contribution is -2.46. The minimum absolute atomic E-state index is 0.0354. The van der Waals surface area contributed by atoms with E-state index in [1.54, 1.807) is 0 Å². The Hall–Kier alpha value is -1.00. The highest BCUT2D eigenvalue weighted by atomic mass is 19.3. The first kappa shape index (κ1) is 10.1. The Balaban J connectivity index is 2.88. The second-order valence-electron chi connectivity index (χ2n) is 3.29. The van der Waals surface area contributed by atoms with Crippen molar-refractivity contribution >= 4 is 11.8 Å². The van der Waals surface area contributed by atoms with Crippen LogP contribution in [0.1, 0.15) is 26.7 Å². The van der Waals surface area contributed by atoms with Crippen molar-refractivity contribution in [3.8, 4) is 0 Å². The van der Waals surface area contributed by atoms with Crippen molar-refractivity contribution in [3.63, 3.8) is 0 Å². The highest BCUT2D eigenvalue weighted by Crippen LogP contribution is 2.31. The molecule has 1 unspecified atom stereocenters. The van der Waals surface area contributed by atoms with Gasteiger partial charge in [-0.2, -0.15) is 0 Å². The Morgan fingerprint density at radius 3 is 2.46 bits per heavy atom. The average molecular weight is 191 g/mol. The van der Waals surface area contributed by atoms with Crippen LogP contribution in [-0.2, 0) is 9.59 Å². The Morgan fingerprint density at radius 2 is 2.15 bits per heavy atom. The molecular weight excluding hydrogens is 180 g/mol. The van der Waals surface area contributed by atoms with Gasteiger partial charge < -0.3 is 0 Å². The monoisotopic (exact) mass is 191 g/mol. The largest absolute Gasteiger partial charge is 0.275 e. The van der Waals surface area contributed by atoms with Gasteiger partial charge in [0.15, 0.2) is 0 Å². The van der Waals surface area contributed by atoms with E-state index in [9.17, 15) is 18.4 Å². The molecule has 74 valence electrons. The molecule has 0 radical (unpaired) electrons. The molecule has 13 heavy (non-hydrogen) atoms. The third kappa shape index (κ3) is 1.84.